The molecular formula is C19H22N4O2. The second kappa shape index (κ2) is 6.72. The van der Waals surface area contributed by atoms with Crippen LogP contribution in [-0.4, -0.2) is 34.3 Å². The first-order chi connectivity index (χ1) is 12.2. The number of nitrogens with zero attached hydrogens (tertiary/aromatic N) is 3. The number of para-hydroxylation sites is 1. The summed E-state index contributed by atoms with van der Waals surface area (Å²) < 4.78 is 5.92. The number of fused-ring (bicyclic) bond motifs is 1. The molecule has 1 aromatic carbocycles. The predicted octanol–water partition coefficient (Wildman–Crippen LogP) is 3.36. The Morgan fingerprint density at radius 2 is 2.20 bits per heavy atom. The molecular weight excluding hydrogens is 316 g/mol. The van der Waals surface area contributed by atoms with Crippen LogP contribution in [0.15, 0.2) is 47.1 Å². The highest BCUT2D eigenvalue weighted by Crippen LogP contribution is 2.28. The summed E-state index contributed by atoms with van der Waals surface area (Å²) >= 11 is 0. The topological polar surface area (TPSA) is 74.4 Å². The summed E-state index contributed by atoms with van der Waals surface area (Å²) in [5, 5.41) is 14.0. The highest BCUT2D eigenvalue weighted by atomic mass is 16.3. The highest BCUT2D eigenvalue weighted by molar-refractivity contribution is 5.77. The Hall–Kier alpha value is -2.60. The number of hydrogen-bond acceptors (Lipinski definition) is 6. The summed E-state index contributed by atoms with van der Waals surface area (Å²) in [6, 6.07) is 12.1. The van der Waals surface area contributed by atoms with Gasteiger partial charge in [0.15, 0.2) is 0 Å². The van der Waals surface area contributed by atoms with Gasteiger partial charge in [0.25, 0.3) is 0 Å². The summed E-state index contributed by atoms with van der Waals surface area (Å²) in [5.41, 5.74) is 0.886. The number of aliphatic hydroxyl groups excluding tert-OH is 1. The van der Waals surface area contributed by atoms with Crippen molar-refractivity contribution in [3.63, 3.8) is 0 Å². The van der Waals surface area contributed by atoms with Gasteiger partial charge in [-0.1, -0.05) is 18.2 Å². The van der Waals surface area contributed by atoms with Crippen molar-refractivity contribution in [3.8, 4) is 0 Å². The molecule has 1 unspecified atom stereocenters. The smallest absolute Gasteiger partial charge is 0.134 e. The van der Waals surface area contributed by atoms with Crippen LogP contribution in [-0.2, 0) is 0 Å². The normalized spacial score (nSPS) is 18.6. The van der Waals surface area contributed by atoms with Crippen molar-refractivity contribution in [1.29, 1.82) is 0 Å². The van der Waals surface area contributed by atoms with Crippen molar-refractivity contribution in [1.82, 2.24) is 9.97 Å². The maximum absolute atomic E-state index is 9.52. The number of nitrogens with one attached hydrogen (secondary N) is 1. The van der Waals surface area contributed by atoms with Crippen LogP contribution in [0, 0.1) is 0 Å². The van der Waals surface area contributed by atoms with Gasteiger partial charge in [-0.3, -0.25) is 0 Å². The van der Waals surface area contributed by atoms with Gasteiger partial charge in [0.1, 0.15) is 29.3 Å². The van der Waals surface area contributed by atoms with E-state index in [2.05, 4.69) is 26.3 Å². The lowest BCUT2D eigenvalue weighted by Crippen LogP contribution is -2.32. The Kier molecular flexibility index (Phi) is 4.28. The van der Waals surface area contributed by atoms with Gasteiger partial charge in [-0.2, -0.15) is 0 Å². The Bertz CT molecular complexity index is 830. The SMILES string of the molecule is C[C@@H](Nc1cc(N2CCCC2CO)ncn1)c1cc2ccccc2o1. The quantitative estimate of drug-likeness (QED) is 0.743. The molecule has 3 heterocycles. The lowest BCUT2D eigenvalue weighted by atomic mass is 10.2. The number of hydrogen-bond donors (Lipinski definition) is 2. The minimum absolute atomic E-state index is 0.0117. The van der Waals surface area contributed by atoms with Gasteiger partial charge >= 0.3 is 0 Å². The number of aromatic nitrogens is 2. The summed E-state index contributed by atoms with van der Waals surface area (Å²) in [6.07, 6.45) is 3.64. The van der Waals surface area contributed by atoms with Crippen LogP contribution in [0.4, 0.5) is 11.6 Å². The van der Waals surface area contributed by atoms with Gasteiger partial charge in [-0.05, 0) is 31.9 Å². The van der Waals surface area contributed by atoms with Crippen molar-refractivity contribution in [2.75, 3.05) is 23.4 Å². The molecule has 1 aliphatic heterocycles. The molecule has 6 heteroatoms. The fourth-order valence-corrected chi connectivity index (χ4v) is 3.42. The van der Waals surface area contributed by atoms with Crippen molar-refractivity contribution < 1.29 is 9.52 Å². The van der Waals surface area contributed by atoms with E-state index in [4.69, 9.17) is 4.42 Å². The first-order valence-corrected chi connectivity index (χ1v) is 8.69. The molecule has 0 radical (unpaired) electrons. The molecule has 6 nitrogen and oxygen atoms in total. The van der Waals surface area contributed by atoms with Gasteiger partial charge in [-0.25, -0.2) is 9.97 Å². The summed E-state index contributed by atoms with van der Waals surface area (Å²) in [7, 11) is 0. The van der Waals surface area contributed by atoms with E-state index in [9.17, 15) is 5.11 Å². The van der Waals surface area contributed by atoms with E-state index in [1.165, 1.54) is 0 Å². The van der Waals surface area contributed by atoms with Crippen molar-refractivity contribution >= 4 is 22.6 Å². The van der Waals surface area contributed by atoms with E-state index in [0.29, 0.717) is 0 Å². The zero-order valence-electron chi connectivity index (χ0n) is 14.2. The molecule has 1 saturated heterocycles. The Labute approximate surface area is 146 Å². The second-order valence-corrected chi connectivity index (χ2v) is 6.49. The van der Waals surface area contributed by atoms with Crippen molar-refractivity contribution in [3.05, 3.63) is 48.5 Å². The third-order valence-corrected chi connectivity index (χ3v) is 4.77. The Balaban J connectivity index is 1.53. The molecule has 1 aliphatic rings. The van der Waals surface area contributed by atoms with Crippen LogP contribution < -0.4 is 10.2 Å². The van der Waals surface area contributed by atoms with Crippen LogP contribution in [0.25, 0.3) is 11.0 Å². The third-order valence-electron chi connectivity index (χ3n) is 4.77. The predicted molar refractivity (Wildman–Crippen MR) is 97.7 cm³/mol. The number of benzene rings is 1. The standard InChI is InChI=1S/C19H22N4O2/c1-13(17-9-14-5-2-3-7-16(14)25-17)22-18-10-19(21-12-20-18)23-8-4-6-15(23)11-24/h2-3,5,7,9-10,12-13,15,24H,4,6,8,11H2,1H3,(H,20,21,22)/t13-,15?/m1/s1. The lowest BCUT2D eigenvalue weighted by molar-refractivity contribution is 0.266. The minimum atomic E-state index is -0.0117. The molecule has 2 N–H and O–H groups in total. The number of furan rings is 1. The van der Waals surface area contributed by atoms with Crippen molar-refractivity contribution in [2.24, 2.45) is 0 Å². The van der Waals surface area contributed by atoms with Crippen LogP contribution in [0.2, 0.25) is 0 Å². The number of rotatable bonds is 5. The Morgan fingerprint density at radius 1 is 1.32 bits per heavy atom. The second-order valence-electron chi connectivity index (χ2n) is 6.49. The highest BCUT2D eigenvalue weighted by Gasteiger charge is 2.25. The molecule has 0 aliphatic carbocycles. The van der Waals surface area contributed by atoms with Gasteiger partial charge in [-0.15, -0.1) is 0 Å². The monoisotopic (exact) mass is 338 g/mol. The molecule has 4 rings (SSSR count). The minimum Gasteiger partial charge on any atom is -0.459 e. The average Bonchev–Trinajstić information content (AvgIpc) is 3.28. The molecule has 25 heavy (non-hydrogen) atoms. The fraction of sp³-hybridized carbons (Fsp3) is 0.368. The number of anilines is 2. The van der Waals surface area contributed by atoms with Gasteiger partial charge in [0, 0.05) is 18.0 Å². The van der Waals surface area contributed by atoms with E-state index >= 15 is 0 Å². The molecule has 0 bridgehead atoms. The largest absolute Gasteiger partial charge is 0.459 e. The van der Waals surface area contributed by atoms with E-state index in [1.54, 1.807) is 6.33 Å². The first kappa shape index (κ1) is 15.9. The summed E-state index contributed by atoms with van der Waals surface area (Å²) in [6.45, 7) is 3.12. The zero-order chi connectivity index (χ0) is 17.2. The maximum Gasteiger partial charge on any atom is 0.134 e. The summed E-state index contributed by atoms with van der Waals surface area (Å²) in [5.74, 6) is 2.48. The molecule has 2 atom stereocenters. The van der Waals surface area contributed by atoms with Gasteiger partial charge in [0.2, 0.25) is 0 Å². The molecule has 130 valence electrons. The molecule has 1 fully saturated rings. The van der Waals surface area contributed by atoms with Crippen molar-refractivity contribution in [2.45, 2.75) is 31.8 Å². The zero-order valence-corrected chi connectivity index (χ0v) is 14.2. The van der Waals surface area contributed by atoms with Crippen LogP contribution in [0.5, 0.6) is 0 Å². The maximum atomic E-state index is 9.52. The molecule has 0 saturated carbocycles. The molecule has 0 spiro atoms. The third kappa shape index (κ3) is 3.17. The van der Waals surface area contributed by atoms with Crippen LogP contribution >= 0.6 is 0 Å². The van der Waals surface area contributed by atoms with Gasteiger partial charge < -0.3 is 19.7 Å². The fourth-order valence-electron chi connectivity index (χ4n) is 3.42. The molecule has 0 amide bonds. The lowest BCUT2D eigenvalue weighted by Gasteiger charge is -2.24. The van der Waals surface area contributed by atoms with E-state index in [-0.39, 0.29) is 18.7 Å². The summed E-state index contributed by atoms with van der Waals surface area (Å²) in [4.78, 5) is 10.9. The first-order valence-electron chi connectivity index (χ1n) is 8.69. The molecule has 2 aromatic heterocycles. The van der Waals surface area contributed by atoms with Crippen LogP contribution in [0.3, 0.4) is 0 Å². The number of aliphatic hydroxyl groups is 1. The Morgan fingerprint density at radius 3 is 3.04 bits per heavy atom. The van der Waals surface area contributed by atoms with E-state index < -0.39 is 0 Å². The van der Waals surface area contributed by atoms with E-state index in [1.807, 2.05) is 37.3 Å². The molecule has 3 aromatic rings. The van der Waals surface area contributed by atoms with E-state index in [0.717, 1.165) is 47.8 Å². The van der Waals surface area contributed by atoms with Gasteiger partial charge in [0.05, 0.1) is 18.7 Å². The van der Waals surface area contributed by atoms with Crippen LogP contribution in [0.1, 0.15) is 31.6 Å². The average molecular weight is 338 g/mol.